The van der Waals surface area contributed by atoms with E-state index in [0.29, 0.717) is 0 Å². The van der Waals surface area contributed by atoms with Crippen LogP contribution in [0.25, 0.3) is 11.0 Å². The highest BCUT2D eigenvalue weighted by atomic mass is 79.9. The average molecular weight is 214 g/mol. The number of fused-ring (bicyclic) bond motifs is 1. The summed E-state index contributed by atoms with van der Waals surface area (Å²) in [7, 11) is 0. The van der Waals surface area contributed by atoms with Gasteiger partial charge in [0, 0.05) is 16.8 Å². The zero-order valence-corrected chi connectivity index (χ0v) is 6.86. The molecule has 0 aliphatic heterocycles. The zero-order valence-electron chi connectivity index (χ0n) is 10.3. The Hall–Kier alpha value is -0.960. The maximum absolute atomic E-state index is 7.70. The molecular formula is C8H5BrN2. The Bertz CT molecular complexity index is 548. The molecule has 54 valence electrons. The van der Waals surface area contributed by atoms with Crippen molar-refractivity contribution in [1.82, 2.24) is 9.97 Å². The zero-order chi connectivity index (χ0) is 12.0. The number of halogens is 1. The van der Waals surface area contributed by atoms with Crippen LogP contribution in [0, 0.1) is 0 Å². The van der Waals surface area contributed by atoms with Gasteiger partial charge in [-0.25, -0.2) is 0 Å². The second-order valence-corrected chi connectivity index (χ2v) is 2.63. The van der Waals surface area contributed by atoms with Crippen molar-refractivity contribution in [2.45, 2.75) is 0 Å². The van der Waals surface area contributed by atoms with Crippen LogP contribution < -0.4 is 0 Å². The van der Waals surface area contributed by atoms with E-state index >= 15 is 0 Å². The lowest BCUT2D eigenvalue weighted by atomic mass is 10.3. The predicted octanol–water partition coefficient (Wildman–Crippen LogP) is 2.39. The summed E-state index contributed by atoms with van der Waals surface area (Å²) in [5.74, 6) is 0. The summed E-state index contributed by atoms with van der Waals surface area (Å²) in [6.07, 6.45) is -0.702. The van der Waals surface area contributed by atoms with Crippen molar-refractivity contribution in [3.8, 4) is 0 Å². The fraction of sp³-hybridized carbons (Fsp3) is 0. The van der Waals surface area contributed by atoms with Gasteiger partial charge in [0.1, 0.15) is 0 Å². The number of hydrogen-bond acceptors (Lipinski definition) is 2. The maximum atomic E-state index is 7.70. The van der Waals surface area contributed by atoms with Gasteiger partial charge in [-0.2, -0.15) is 0 Å². The summed E-state index contributed by atoms with van der Waals surface area (Å²) < 4.78 is 37.7. The van der Waals surface area contributed by atoms with E-state index in [-0.39, 0.29) is 46.0 Å². The molecule has 0 atom stereocenters. The Morgan fingerprint density at radius 2 is 1.91 bits per heavy atom. The minimum atomic E-state index is -0.359. The van der Waals surface area contributed by atoms with Crippen molar-refractivity contribution in [2.75, 3.05) is 0 Å². The van der Waals surface area contributed by atoms with E-state index < -0.39 is 0 Å². The number of hydrogen-bond donors (Lipinski definition) is 0. The molecule has 0 N–H and O–H groups in total. The third kappa shape index (κ3) is 1.24. The molecule has 2 aromatic rings. The summed E-state index contributed by atoms with van der Waals surface area (Å²) in [4.78, 5) is 7.44. The molecule has 2 rings (SSSR count). The van der Waals surface area contributed by atoms with Gasteiger partial charge >= 0.3 is 0 Å². The summed E-state index contributed by atoms with van der Waals surface area (Å²) in [5, 5.41) is 0. The molecule has 0 amide bonds. The number of aromatic nitrogens is 2. The number of nitrogens with zero attached hydrogens (tertiary/aromatic N) is 2. The molecule has 0 aliphatic rings. The SMILES string of the molecule is [2H]c1nc2c([2H])c([2H])c(Br)c([2H])c2nc1[2H]. The van der Waals surface area contributed by atoms with Crippen LogP contribution in [-0.2, 0) is 0 Å². The van der Waals surface area contributed by atoms with Crippen molar-refractivity contribution in [2.24, 2.45) is 0 Å². The van der Waals surface area contributed by atoms with Gasteiger partial charge < -0.3 is 0 Å². The minimum Gasteiger partial charge on any atom is -0.253 e. The normalized spacial score (nSPS) is 16.6. The molecule has 0 saturated carbocycles. The van der Waals surface area contributed by atoms with Gasteiger partial charge in [0.05, 0.1) is 17.9 Å². The molecule has 1 aromatic heterocycles. The molecule has 3 heteroatoms. The number of rotatable bonds is 0. The Kier molecular flexibility index (Phi) is 0.749. The van der Waals surface area contributed by atoms with Gasteiger partial charge in [0.2, 0.25) is 0 Å². The monoisotopic (exact) mass is 213 g/mol. The first-order valence-corrected chi connectivity index (χ1v) is 3.63. The molecule has 0 saturated heterocycles. The van der Waals surface area contributed by atoms with Crippen molar-refractivity contribution in [3.63, 3.8) is 0 Å². The summed E-state index contributed by atoms with van der Waals surface area (Å²) in [5.41, 5.74) is 0.0769. The first-order chi connectivity index (χ1) is 7.43. The standard InChI is InChI=1S/C8H5BrN2/c9-6-1-2-7-8(5-6)11-4-3-10-7/h1-5H/i1D,2D,3D,4D,5D. The maximum Gasteiger partial charge on any atom is 0.0898 e. The van der Waals surface area contributed by atoms with E-state index in [4.69, 9.17) is 6.85 Å². The first kappa shape index (κ1) is 3.19. The number of benzene rings is 1. The van der Waals surface area contributed by atoms with Crippen molar-refractivity contribution in [3.05, 3.63) is 34.9 Å². The van der Waals surface area contributed by atoms with Crippen LogP contribution in [-0.4, -0.2) is 9.97 Å². The fourth-order valence-corrected chi connectivity index (χ4v) is 0.978. The molecule has 0 bridgehead atoms. The highest BCUT2D eigenvalue weighted by Gasteiger charge is 1.93. The lowest BCUT2D eigenvalue weighted by molar-refractivity contribution is 1.29. The molecular weight excluding hydrogens is 204 g/mol. The van der Waals surface area contributed by atoms with Crippen LogP contribution in [0.15, 0.2) is 34.9 Å². The molecule has 0 aliphatic carbocycles. The van der Waals surface area contributed by atoms with Gasteiger partial charge in [0.25, 0.3) is 0 Å². The van der Waals surface area contributed by atoms with Gasteiger partial charge in [-0.05, 0) is 18.1 Å². The van der Waals surface area contributed by atoms with Crippen LogP contribution in [0.5, 0.6) is 0 Å². The van der Waals surface area contributed by atoms with E-state index in [1.165, 1.54) is 0 Å². The van der Waals surface area contributed by atoms with E-state index in [9.17, 15) is 0 Å². The lowest BCUT2D eigenvalue weighted by Crippen LogP contribution is -1.80. The third-order valence-corrected chi connectivity index (χ3v) is 1.53. The Morgan fingerprint density at radius 1 is 1.18 bits per heavy atom. The molecule has 0 radical (unpaired) electrons. The lowest BCUT2D eigenvalue weighted by Gasteiger charge is -1.94. The van der Waals surface area contributed by atoms with Crippen molar-refractivity contribution in [1.29, 1.82) is 0 Å². The molecule has 1 aromatic carbocycles. The first-order valence-electron chi connectivity index (χ1n) is 5.33. The highest BCUT2D eigenvalue weighted by molar-refractivity contribution is 9.10. The molecule has 0 unspecified atom stereocenters. The van der Waals surface area contributed by atoms with E-state index in [1.807, 2.05) is 0 Å². The van der Waals surface area contributed by atoms with Crippen LogP contribution in [0.4, 0.5) is 0 Å². The summed E-state index contributed by atoms with van der Waals surface area (Å²) in [6.45, 7) is 0. The van der Waals surface area contributed by atoms with Gasteiger partial charge in [-0.15, -0.1) is 0 Å². The quantitative estimate of drug-likeness (QED) is 0.672. The van der Waals surface area contributed by atoms with Crippen molar-refractivity contribution >= 4 is 27.0 Å². The predicted molar refractivity (Wildman–Crippen MR) is 47.2 cm³/mol. The summed E-state index contributed by atoms with van der Waals surface area (Å²) >= 11 is 3.02. The fourth-order valence-electron chi connectivity index (χ4n) is 0.691. The van der Waals surface area contributed by atoms with Crippen LogP contribution in [0.1, 0.15) is 6.85 Å². The Morgan fingerprint density at radius 3 is 2.73 bits per heavy atom. The molecule has 0 fully saturated rings. The van der Waals surface area contributed by atoms with Gasteiger partial charge in [-0.1, -0.05) is 15.9 Å². The minimum absolute atomic E-state index is 0.0131. The van der Waals surface area contributed by atoms with Gasteiger partial charge in [-0.3, -0.25) is 9.97 Å². The topological polar surface area (TPSA) is 25.8 Å². The van der Waals surface area contributed by atoms with E-state index in [2.05, 4.69) is 25.9 Å². The average Bonchev–Trinajstić information content (AvgIpc) is 2.26. The van der Waals surface area contributed by atoms with Crippen molar-refractivity contribution < 1.29 is 6.85 Å². The van der Waals surface area contributed by atoms with Crippen LogP contribution in [0.2, 0.25) is 0 Å². The van der Waals surface area contributed by atoms with Crippen LogP contribution in [0.3, 0.4) is 0 Å². The van der Waals surface area contributed by atoms with Gasteiger partial charge in [0.15, 0.2) is 0 Å². The van der Waals surface area contributed by atoms with E-state index in [0.717, 1.165) is 0 Å². The Balaban J connectivity index is 3.02. The summed E-state index contributed by atoms with van der Waals surface area (Å²) in [6, 6.07) is -0.445. The highest BCUT2D eigenvalue weighted by Crippen LogP contribution is 2.14. The smallest absolute Gasteiger partial charge is 0.0898 e. The second kappa shape index (κ2) is 2.58. The van der Waals surface area contributed by atoms with Crippen LogP contribution >= 0.6 is 15.9 Å². The molecule has 1 heterocycles. The molecule has 0 spiro atoms. The van der Waals surface area contributed by atoms with E-state index in [1.54, 1.807) is 0 Å². The molecule has 2 nitrogen and oxygen atoms in total. The Labute approximate surface area is 79.4 Å². The third-order valence-electron chi connectivity index (χ3n) is 1.13. The largest absolute Gasteiger partial charge is 0.253 e. The molecule has 11 heavy (non-hydrogen) atoms. The second-order valence-electron chi connectivity index (χ2n) is 1.83.